The largest absolute Gasteiger partial charge is 0.381 e. The van der Waals surface area contributed by atoms with Gasteiger partial charge < -0.3 is 125 Å². The molecule has 11 saturated heterocycles. The first-order valence-electron chi connectivity index (χ1n) is 41.1. The van der Waals surface area contributed by atoms with Crippen molar-refractivity contribution in [3.05, 3.63) is 0 Å². The SMILES string of the molecule is COC1CC2COCC(C1)C2N.COC1CC2COCC(C1)C2N.NC1[C@H]2CCCO[C@@H]12.NCC1[C@H]2CCCO[C@@H]12.NC[C@@H]1CC12CCOCC2.NC[C@@H]1CCOC1.NC[C@@]12COC[C@@H]1C2.NC[C@H]1CC12CCOCC2.NC[C@]12C[C@H]1CCO2.N[C@@H]1CC12CCOCC2.N[C@H]1CC12CCOCC2. The lowest BCUT2D eigenvalue weighted by atomic mass is 9.75. The van der Waals surface area contributed by atoms with Gasteiger partial charge in [0.15, 0.2) is 0 Å². The molecule has 0 aromatic rings. The summed E-state index contributed by atoms with van der Waals surface area (Å²) in [6.45, 7) is 22.5. The minimum absolute atomic E-state index is 0.181. The van der Waals surface area contributed by atoms with Crippen LogP contribution in [0.1, 0.15) is 154 Å². The van der Waals surface area contributed by atoms with Gasteiger partial charge in [-0.2, -0.15) is 0 Å². The van der Waals surface area contributed by atoms with Gasteiger partial charge in [-0.3, -0.25) is 0 Å². The molecule has 0 amide bonds. The van der Waals surface area contributed by atoms with E-state index in [1.807, 2.05) is 0 Å². The number of ether oxygens (including phenoxy) is 13. The zero-order valence-corrected chi connectivity index (χ0v) is 63.4. The molecule has 0 radical (unpaired) electrons. The Morgan fingerprint density at radius 3 is 1.08 bits per heavy atom. The molecular weight excluding hydrogens is 1300 g/mol. The van der Waals surface area contributed by atoms with Gasteiger partial charge >= 0.3 is 0 Å². The van der Waals surface area contributed by atoms with Crippen molar-refractivity contribution in [2.75, 3.05) is 179 Å². The molecule has 10 saturated carbocycles. The first-order valence-corrected chi connectivity index (χ1v) is 41.1. The summed E-state index contributed by atoms with van der Waals surface area (Å²) in [6.07, 6.45) is 31.3. The summed E-state index contributed by atoms with van der Waals surface area (Å²) >= 11 is 0. The molecule has 21 fully saturated rings. The van der Waals surface area contributed by atoms with Crippen LogP contribution in [0, 0.1) is 98.1 Å². The molecule has 21 rings (SSSR count). The highest BCUT2D eigenvalue weighted by Gasteiger charge is 2.60. The second kappa shape index (κ2) is 38.3. The number of methoxy groups -OCH3 is 2. The highest BCUT2D eigenvalue weighted by atomic mass is 16.5. The van der Waals surface area contributed by atoms with Gasteiger partial charge in [0, 0.05) is 178 Å². The van der Waals surface area contributed by atoms with Crippen molar-refractivity contribution in [3.63, 3.8) is 0 Å². The maximum absolute atomic E-state index is 6.07. The summed E-state index contributed by atoms with van der Waals surface area (Å²) in [6, 6.07) is 2.09. The van der Waals surface area contributed by atoms with E-state index in [0.717, 1.165) is 232 Å². The van der Waals surface area contributed by atoms with Crippen LogP contribution in [-0.4, -0.2) is 239 Å². The molecule has 11 heterocycles. The predicted octanol–water partition coefficient (Wildman–Crippen LogP) is 3.90. The summed E-state index contributed by atoms with van der Waals surface area (Å²) in [4.78, 5) is 0. The third-order valence-corrected chi connectivity index (χ3v) is 29.1. The molecule has 102 heavy (non-hydrogen) atoms. The van der Waals surface area contributed by atoms with Crippen LogP contribution >= 0.6 is 0 Å². The Morgan fingerprint density at radius 1 is 0.373 bits per heavy atom. The van der Waals surface area contributed by atoms with Crippen molar-refractivity contribution in [3.8, 4) is 0 Å². The van der Waals surface area contributed by atoms with E-state index in [1.54, 1.807) is 14.2 Å². The van der Waals surface area contributed by atoms with Crippen LogP contribution in [0.15, 0.2) is 0 Å². The van der Waals surface area contributed by atoms with E-state index in [1.165, 1.54) is 122 Å². The summed E-state index contributed by atoms with van der Waals surface area (Å²) in [5.74, 6) is 8.36. The fraction of sp³-hybridized carbons (Fsp3) is 1.00. The predicted molar refractivity (Wildman–Crippen MR) is 395 cm³/mol. The Bertz CT molecular complexity index is 2230. The van der Waals surface area contributed by atoms with Gasteiger partial charge in [-0.1, -0.05) is 0 Å². The molecule has 24 heteroatoms. The molecule has 0 aromatic carbocycles. The Hall–Kier alpha value is -0.960. The maximum Gasteiger partial charge on any atom is 0.0837 e. The van der Waals surface area contributed by atoms with Gasteiger partial charge in [-0.05, 0) is 237 Å². The molecule has 10 aliphatic carbocycles. The number of rotatable bonds is 8. The fourth-order valence-electron chi connectivity index (χ4n) is 19.9. The van der Waals surface area contributed by atoms with Crippen molar-refractivity contribution < 1.29 is 61.6 Å². The molecule has 4 spiro atoms. The Kier molecular flexibility index (Phi) is 30.8. The van der Waals surface area contributed by atoms with Gasteiger partial charge in [0.25, 0.3) is 0 Å². The van der Waals surface area contributed by atoms with Crippen LogP contribution in [0.3, 0.4) is 0 Å². The van der Waals surface area contributed by atoms with Gasteiger partial charge in [0.2, 0.25) is 0 Å². The molecule has 22 N–H and O–H groups in total. The summed E-state index contributed by atoms with van der Waals surface area (Å²) < 4.78 is 69.3. The minimum Gasteiger partial charge on any atom is -0.381 e. The monoisotopic (exact) mass is 1450 g/mol. The van der Waals surface area contributed by atoms with Crippen molar-refractivity contribution >= 4 is 0 Å². The van der Waals surface area contributed by atoms with Gasteiger partial charge in [0.05, 0.1) is 76.3 Å². The zero-order chi connectivity index (χ0) is 72.0. The van der Waals surface area contributed by atoms with Crippen LogP contribution < -0.4 is 63.1 Å². The fourth-order valence-corrected chi connectivity index (χ4v) is 19.9. The molecule has 0 aromatic heterocycles. The first kappa shape index (κ1) is 82.0. The Labute approximate surface area is 613 Å². The van der Waals surface area contributed by atoms with E-state index < -0.39 is 0 Å². The second-order valence-corrected chi connectivity index (χ2v) is 35.2. The van der Waals surface area contributed by atoms with Gasteiger partial charge in [-0.15, -0.1) is 0 Å². The molecule has 24 nitrogen and oxygen atoms in total. The topological polar surface area (TPSA) is 406 Å². The van der Waals surface area contributed by atoms with Gasteiger partial charge in [-0.25, -0.2) is 0 Å². The zero-order valence-electron chi connectivity index (χ0n) is 63.4. The lowest BCUT2D eigenvalue weighted by molar-refractivity contribution is -0.0753. The highest BCUT2D eigenvalue weighted by molar-refractivity contribution is 5.11. The number of hydrogen-bond donors (Lipinski definition) is 11. The van der Waals surface area contributed by atoms with Crippen LogP contribution in [0.5, 0.6) is 0 Å². The van der Waals surface area contributed by atoms with Crippen molar-refractivity contribution in [2.24, 2.45) is 161 Å². The van der Waals surface area contributed by atoms with E-state index in [9.17, 15) is 0 Å². The molecular formula is C78H147N11O13. The molecule has 592 valence electrons. The van der Waals surface area contributed by atoms with E-state index in [0.29, 0.717) is 117 Å². The Balaban J connectivity index is 0.000000113. The van der Waals surface area contributed by atoms with E-state index in [4.69, 9.17) is 125 Å². The molecule has 6 unspecified atom stereocenters. The average Bonchev–Trinajstić information content (AvgIpc) is 1.60. The van der Waals surface area contributed by atoms with Crippen molar-refractivity contribution in [2.45, 2.75) is 214 Å². The Morgan fingerprint density at radius 2 is 0.833 bits per heavy atom. The summed E-state index contributed by atoms with van der Waals surface area (Å²) in [7, 11) is 3.58. The van der Waals surface area contributed by atoms with Crippen molar-refractivity contribution in [1.82, 2.24) is 0 Å². The van der Waals surface area contributed by atoms with E-state index in [-0.39, 0.29) is 5.60 Å². The third-order valence-electron chi connectivity index (χ3n) is 29.1. The normalized spacial score (nSPS) is 43.8. The van der Waals surface area contributed by atoms with Crippen LogP contribution in [0.2, 0.25) is 0 Å². The lowest BCUT2D eigenvalue weighted by Crippen LogP contribution is -2.52. The standard InChI is InChI=1S/2C9H17NO2.2C8H15NO.3C7H13NO.3C6H11NO.C5H11NO/c2*1-11-8-2-6-4-12-5-7(3-8)9(6)10;2*9-6-7-5-8(7)1-3-10-4-2-8;2*8-6-5-7(6)1-3-9-4-2-7;8-4-6-5-2-1-3-9-7(5)6;7-3-6-1-5(6)2-8-4-6;7-4-6-3-5(6)1-2-8-6;7-5-4-2-1-3-8-6(4)5;6-3-5-1-2-7-4-5/h2*6-9H,2-5,10H2,1H3;2*7H,1-6,9H2;2*6H,1-5,8H2;5-7H,1-4,8H2;2*5H,1-4,7H2;4-6H,1-3,7H2;5H,1-4,6H2/t;;2*7-;2*6-;5-,6?,7-;2*5-,6-;4-,5?,6-;5-/m..101010110/s1. The number of fused-ring (bicyclic) bond motifs is 8. The minimum atomic E-state index is 0.181. The van der Waals surface area contributed by atoms with Gasteiger partial charge in [0.1, 0.15) is 0 Å². The summed E-state index contributed by atoms with van der Waals surface area (Å²) in [5, 5.41) is 0. The van der Waals surface area contributed by atoms with Crippen LogP contribution in [0.25, 0.3) is 0 Å². The third kappa shape index (κ3) is 21.6. The molecule has 21 aliphatic rings. The van der Waals surface area contributed by atoms with Crippen LogP contribution in [-0.2, 0) is 61.6 Å². The lowest BCUT2D eigenvalue weighted by Gasteiger charge is -2.43. The maximum atomic E-state index is 6.07. The van der Waals surface area contributed by atoms with Crippen LogP contribution in [0.4, 0.5) is 0 Å². The quantitative estimate of drug-likeness (QED) is 0.164. The van der Waals surface area contributed by atoms with E-state index >= 15 is 0 Å². The summed E-state index contributed by atoms with van der Waals surface area (Å²) in [5.41, 5.74) is 65.4. The van der Waals surface area contributed by atoms with E-state index in [2.05, 4.69) is 0 Å². The first-order chi connectivity index (χ1) is 49.5. The molecule has 11 aliphatic heterocycles. The van der Waals surface area contributed by atoms with Crippen molar-refractivity contribution in [1.29, 1.82) is 0 Å². The number of hydrogen-bond acceptors (Lipinski definition) is 24. The highest BCUT2D eigenvalue weighted by Crippen LogP contribution is 2.60. The average molecular weight is 1450 g/mol. The molecule has 19 atom stereocenters. The smallest absolute Gasteiger partial charge is 0.0837 e. The molecule has 4 bridgehead atoms. The number of nitrogens with two attached hydrogens (primary N) is 11. The second-order valence-electron chi connectivity index (χ2n) is 35.2.